The van der Waals surface area contributed by atoms with Crippen molar-refractivity contribution in [1.82, 2.24) is 9.55 Å². The number of hydrogen-bond donors (Lipinski definition) is 1. The third-order valence-electron chi connectivity index (χ3n) is 3.54. The number of imidazole rings is 1. The molecule has 23 heavy (non-hydrogen) atoms. The van der Waals surface area contributed by atoms with Gasteiger partial charge in [-0.1, -0.05) is 36.4 Å². The minimum absolute atomic E-state index is 0.111. The van der Waals surface area contributed by atoms with E-state index in [1.165, 1.54) is 5.56 Å². The summed E-state index contributed by atoms with van der Waals surface area (Å²) >= 11 is 1.58. The number of carbonyl (C=O) groups is 1. The van der Waals surface area contributed by atoms with E-state index < -0.39 is 0 Å². The minimum atomic E-state index is -0.111. The topological polar surface area (TPSA) is 60.9 Å². The van der Waals surface area contributed by atoms with Gasteiger partial charge in [-0.15, -0.1) is 11.8 Å². The molecule has 0 aliphatic carbocycles. The van der Waals surface area contributed by atoms with E-state index in [2.05, 4.69) is 17.1 Å². The standard InChI is InChI=1S/C18H17N3OS/c1-21-11-10-20-18(21)16(22)14-8-5-9-15(19)17(14)23-12-13-6-3-2-4-7-13/h2-11H,12,19H2,1H3. The molecule has 3 aromatic rings. The lowest BCUT2D eigenvalue weighted by Gasteiger charge is -2.11. The molecule has 116 valence electrons. The van der Waals surface area contributed by atoms with E-state index in [1.807, 2.05) is 31.3 Å². The van der Waals surface area contributed by atoms with Gasteiger partial charge in [0, 0.05) is 41.3 Å². The molecule has 2 N–H and O–H groups in total. The maximum Gasteiger partial charge on any atom is 0.229 e. The van der Waals surface area contributed by atoms with Crippen LogP contribution in [0.4, 0.5) is 5.69 Å². The number of nitrogens with two attached hydrogens (primary N) is 1. The molecule has 5 heteroatoms. The summed E-state index contributed by atoms with van der Waals surface area (Å²) in [6.45, 7) is 0. The van der Waals surface area contributed by atoms with Gasteiger partial charge in [0.25, 0.3) is 0 Å². The molecular weight excluding hydrogens is 306 g/mol. The Kier molecular flexibility index (Phi) is 4.48. The monoisotopic (exact) mass is 323 g/mol. The Bertz CT molecular complexity index is 827. The van der Waals surface area contributed by atoms with Crippen LogP contribution in [0.3, 0.4) is 0 Å². The zero-order valence-corrected chi connectivity index (χ0v) is 13.6. The third-order valence-corrected chi connectivity index (χ3v) is 4.76. The number of nitrogen functional groups attached to an aromatic ring is 1. The maximum atomic E-state index is 12.8. The Morgan fingerprint density at radius 1 is 1.17 bits per heavy atom. The van der Waals surface area contributed by atoms with Gasteiger partial charge in [-0.2, -0.15) is 0 Å². The Balaban J connectivity index is 1.91. The molecule has 0 aliphatic rings. The molecule has 0 bridgehead atoms. The van der Waals surface area contributed by atoms with Crippen molar-refractivity contribution in [2.24, 2.45) is 7.05 Å². The number of aromatic nitrogens is 2. The molecule has 0 spiro atoms. The lowest BCUT2D eigenvalue weighted by Crippen LogP contribution is -2.10. The van der Waals surface area contributed by atoms with Crippen LogP contribution in [0, 0.1) is 0 Å². The van der Waals surface area contributed by atoms with E-state index in [0.29, 0.717) is 17.1 Å². The zero-order chi connectivity index (χ0) is 16.2. The molecule has 2 aromatic carbocycles. The van der Waals surface area contributed by atoms with Gasteiger partial charge in [0.1, 0.15) is 0 Å². The largest absolute Gasteiger partial charge is 0.398 e. The Hall–Kier alpha value is -2.53. The van der Waals surface area contributed by atoms with Crippen molar-refractivity contribution in [2.75, 3.05) is 5.73 Å². The lowest BCUT2D eigenvalue weighted by atomic mass is 10.1. The summed E-state index contributed by atoms with van der Waals surface area (Å²) in [6.07, 6.45) is 3.38. The molecule has 0 amide bonds. The smallest absolute Gasteiger partial charge is 0.229 e. The molecule has 0 unspecified atom stereocenters. The molecular formula is C18H17N3OS. The summed E-state index contributed by atoms with van der Waals surface area (Å²) in [5, 5.41) is 0. The van der Waals surface area contributed by atoms with Crippen molar-refractivity contribution in [3.05, 3.63) is 77.9 Å². The van der Waals surface area contributed by atoms with Crippen LogP contribution in [-0.2, 0) is 12.8 Å². The van der Waals surface area contributed by atoms with Gasteiger partial charge in [-0.3, -0.25) is 4.79 Å². The predicted octanol–water partition coefficient (Wildman–Crippen LogP) is 3.53. The van der Waals surface area contributed by atoms with Crippen LogP contribution >= 0.6 is 11.8 Å². The van der Waals surface area contributed by atoms with Crippen LogP contribution in [-0.4, -0.2) is 15.3 Å². The van der Waals surface area contributed by atoms with Crippen molar-refractivity contribution >= 4 is 23.2 Å². The van der Waals surface area contributed by atoms with Crippen molar-refractivity contribution in [1.29, 1.82) is 0 Å². The van der Waals surface area contributed by atoms with Crippen LogP contribution in [0.1, 0.15) is 21.7 Å². The van der Waals surface area contributed by atoms with Gasteiger partial charge in [0.15, 0.2) is 5.82 Å². The van der Waals surface area contributed by atoms with E-state index in [4.69, 9.17) is 5.73 Å². The van der Waals surface area contributed by atoms with E-state index in [-0.39, 0.29) is 5.78 Å². The number of hydrogen-bond acceptors (Lipinski definition) is 4. The van der Waals surface area contributed by atoms with Gasteiger partial charge in [-0.25, -0.2) is 4.98 Å². The van der Waals surface area contributed by atoms with Gasteiger partial charge < -0.3 is 10.3 Å². The SMILES string of the molecule is Cn1ccnc1C(=O)c1cccc(N)c1SCc1ccccc1. The van der Waals surface area contributed by atoms with Crippen molar-refractivity contribution in [3.63, 3.8) is 0 Å². The summed E-state index contributed by atoms with van der Waals surface area (Å²) in [6, 6.07) is 15.6. The van der Waals surface area contributed by atoms with E-state index in [1.54, 1.807) is 40.9 Å². The number of nitrogens with zero attached hydrogens (tertiary/aromatic N) is 2. The molecule has 0 aliphatic heterocycles. The normalized spacial score (nSPS) is 10.7. The average Bonchev–Trinajstić information content (AvgIpc) is 3.00. The highest BCUT2D eigenvalue weighted by Gasteiger charge is 2.19. The summed E-state index contributed by atoms with van der Waals surface area (Å²) in [7, 11) is 1.81. The number of anilines is 1. The molecule has 0 saturated carbocycles. The van der Waals surface area contributed by atoms with Crippen LogP contribution < -0.4 is 5.73 Å². The molecule has 0 saturated heterocycles. The first-order chi connectivity index (χ1) is 11.2. The van der Waals surface area contributed by atoms with Crippen LogP contribution in [0.15, 0.2) is 65.8 Å². The molecule has 1 heterocycles. The molecule has 1 aromatic heterocycles. The first-order valence-corrected chi connectivity index (χ1v) is 8.22. The van der Waals surface area contributed by atoms with Crippen molar-refractivity contribution in [2.45, 2.75) is 10.6 Å². The Morgan fingerprint density at radius 2 is 1.96 bits per heavy atom. The number of carbonyl (C=O) groups excluding carboxylic acids is 1. The maximum absolute atomic E-state index is 12.8. The van der Waals surface area contributed by atoms with Crippen LogP contribution in [0.25, 0.3) is 0 Å². The van der Waals surface area contributed by atoms with Gasteiger partial charge in [-0.05, 0) is 17.7 Å². The van der Waals surface area contributed by atoms with E-state index in [0.717, 1.165) is 10.6 Å². The second kappa shape index (κ2) is 6.71. The summed E-state index contributed by atoms with van der Waals surface area (Å²) in [4.78, 5) is 17.7. The Morgan fingerprint density at radius 3 is 2.65 bits per heavy atom. The third kappa shape index (κ3) is 3.29. The first kappa shape index (κ1) is 15.4. The van der Waals surface area contributed by atoms with Gasteiger partial charge >= 0.3 is 0 Å². The highest BCUT2D eigenvalue weighted by atomic mass is 32.2. The number of rotatable bonds is 5. The first-order valence-electron chi connectivity index (χ1n) is 7.24. The molecule has 4 nitrogen and oxygen atoms in total. The minimum Gasteiger partial charge on any atom is -0.398 e. The highest BCUT2D eigenvalue weighted by molar-refractivity contribution is 7.98. The molecule has 0 fully saturated rings. The quantitative estimate of drug-likeness (QED) is 0.443. The average molecular weight is 323 g/mol. The van der Waals surface area contributed by atoms with Crippen LogP contribution in [0.2, 0.25) is 0 Å². The summed E-state index contributed by atoms with van der Waals surface area (Å²) in [5.74, 6) is 1.06. The lowest BCUT2D eigenvalue weighted by molar-refractivity contribution is 0.102. The Labute approximate surface area is 139 Å². The number of ketones is 1. The fourth-order valence-electron chi connectivity index (χ4n) is 2.33. The molecule has 3 rings (SSSR count). The second-order valence-corrected chi connectivity index (χ2v) is 6.17. The van der Waals surface area contributed by atoms with Crippen LogP contribution in [0.5, 0.6) is 0 Å². The number of aryl methyl sites for hydroxylation is 1. The van der Waals surface area contributed by atoms with E-state index >= 15 is 0 Å². The van der Waals surface area contributed by atoms with Gasteiger partial charge in [0.05, 0.1) is 0 Å². The second-order valence-electron chi connectivity index (χ2n) is 5.19. The van der Waals surface area contributed by atoms with Crippen molar-refractivity contribution in [3.8, 4) is 0 Å². The fourth-order valence-corrected chi connectivity index (χ4v) is 3.38. The van der Waals surface area contributed by atoms with E-state index in [9.17, 15) is 4.79 Å². The zero-order valence-electron chi connectivity index (χ0n) is 12.8. The van der Waals surface area contributed by atoms with Gasteiger partial charge in [0.2, 0.25) is 5.78 Å². The number of thioether (sulfide) groups is 1. The predicted molar refractivity (Wildman–Crippen MR) is 93.5 cm³/mol. The van der Waals surface area contributed by atoms with Crippen molar-refractivity contribution < 1.29 is 4.79 Å². The fraction of sp³-hybridized carbons (Fsp3) is 0.111. The summed E-state index contributed by atoms with van der Waals surface area (Å²) < 4.78 is 1.72. The molecule has 0 atom stereocenters. The highest BCUT2D eigenvalue weighted by Crippen LogP contribution is 2.32. The molecule has 0 radical (unpaired) electrons. The summed E-state index contributed by atoms with van der Waals surface area (Å²) in [5.41, 5.74) is 8.52. The number of benzene rings is 2.